The van der Waals surface area contributed by atoms with Gasteiger partial charge in [-0.15, -0.1) is 11.6 Å². The summed E-state index contributed by atoms with van der Waals surface area (Å²) in [4.78, 5) is 15.7. The summed E-state index contributed by atoms with van der Waals surface area (Å²) in [7, 11) is 0. The highest BCUT2D eigenvalue weighted by Gasteiger charge is 2.15. The molecule has 1 rings (SSSR count). The van der Waals surface area contributed by atoms with Crippen LogP contribution in [0.15, 0.2) is 12.3 Å². The number of rotatable bonds is 4. The summed E-state index contributed by atoms with van der Waals surface area (Å²) in [6.45, 7) is 5.89. The Morgan fingerprint density at radius 1 is 1.47 bits per heavy atom. The van der Waals surface area contributed by atoms with Crippen LogP contribution in [0, 0.1) is 0 Å². The third-order valence-corrected chi connectivity index (χ3v) is 2.70. The van der Waals surface area contributed by atoms with Gasteiger partial charge in [0.1, 0.15) is 5.60 Å². The molecule has 1 N–H and O–H groups in total. The number of hydrogen-bond donors (Lipinski definition) is 1. The molecule has 0 aliphatic heterocycles. The van der Waals surface area contributed by atoms with E-state index in [1.54, 1.807) is 12.3 Å². The molecule has 0 saturated heterocycles. The predicted molar refractivity (Wildman–Crippen MR) is 76.7 cm³/mol. The zero-order valence-electron chi connectivity index (χ0n) is 11.3. The molecule has 0 spiro atoms. The Hall–Kier alpha value is -1.000. The minimum Gasteiger partial charge on any atom is -0.444 e. The number of nitrogens with zero attached hydrogens (tertiary/aromatic N) is 1. The topological polar surface area (TPSA) is 51.2 Å². The van der Waals surface area contributed by atoms with Crippen LogP contribution < -0.4 is 5.32 Å². The van der Waals surface area contributed by atoms with Gasteiger partial charge in [0, 0.05) is 30.7 Å². The lowest BCUT2D eigenvalue weighted by Gasteiger charge is -2.19. The summed E-state index contributed by atoms with van der Waals surface area (Å²) in [5.41, 5.74) is 1.21. The van der Waals surface area contributed by atoms with Crippen LogP contribution >= 0.6 is 23.2 Å². The van der Waals surface area contributed by atoms with Crippen molar-refractivity contribution in [3.63, 3.8) is 0 Å². The van der Waals surface area contributed by atoms with Crippen molar-refractivity contribution in [2.75, 3.05) is 6.54 Å². The van der Waals surface area contributed by atoms with Crippen molar-refractivity contribution in [2.45, 2.75) is 38.7 Å². The largest absolute Gasteiger partial charge is 0.444 e. The molecule has 0 aliphatic carbocycles. The molecular weight excluding hydrogens is 287 g/mol. The molecule has 0 fully saturated rings. The standard InChI is InChI=1S/C13H18Cl2N2O2/c1-13(2,3)19-12(18)16-5-4-11-9(7-14)6-10(15)8-17-11/h6,8H,4-5,7H2,1-3H3,(H,16,18). The van der Waals surface area contributed by atoms with Crippen LogP contribution in [0.2, 0.25) is 5.02 Å². The Kier molecular flexibility index (Phi) is 5.88. The number of pyridine rings is 1. The smallest absolute Gasteiger partial charge is 0.407 e. The van der Waals surface area contributed by atoms with Crippen molar-refractivity contribution in [2.24, 2.45) is 0 Å². The summed E-state index contributed by atoms with van der Waals surface area (Å²) in [5.74, 6) is 0.343. The number of hydrogen-bond acceptors (Lipinski definition) is 3. The van der Waals surface area contributed by atoms with Crippen LogP contribution in [0.3, 0.4) is 0 Å². The summed E-state index contributed by atoms with van der Waals surface area (Å²) < 4.78 is 5.13. The van der Waals surface area contributed by atoms with Crippen molar-refractivity contribution >= 4 is 29.3 Å². The van der Waals surface area contributed by atoms with Gasteiger partial charge in [0.25, 0.3) is 0 Å². The van der Waals surface area contributed by atoms with Crippen molar-refractivity contribution in [3.05, 3.63) is 28.5 Å². The number of alkyl carbamates (subject to hydrolysis) is 1. The van der Waals surface area contributed by atoms with E-state index in [4.69, 9.17) is 27.9 Å². The van der Waals surface area contributed by atoms with Crippen LogP contribution in [0.25, 0.3) is 0 Å². The SMILES string of the molecule is CC(C)(C)OC(=O)NCCc1ncc(Cl)cc1CCl. The van der Waals surface area contributed by atoms with Gasteiger partial charge in [0.15, 0.2) is 0 Å². The zero-order valence-corrected chi connectivity index (χ0v) is 12.8. The molecule has 0 unspecified atom stereocenters. The van der Waals surface area contributed by atoms with E-state index in [1.165, 1.54) is 0 Å². The van der Waals surface area contributed by atoms with Gasteiger partial charge in [-0.2, -0.15) is 0 Å². The first-order valence-electron chi connectivity index (χ1n) is 5.98. The van der Waals surface area contributed by atoms with Crippen LogP contribution in [0.4, 0.5) is 4.79 Å². The van der Waals surface area contributed by atoms with Gasteiger partial charge in [0.05, 0.1) is 5.02 Å². The molecule has 1 aromatic heterocycles. The molecule has 0 bridgehead atoms. The number of ether oxygens (including phenoxy) is 1. The molecule has 0 aliphatic rings. The number of amides is 1. The third kappa shape index (κ3) is 6.12. The Labute approximate surface area is 123 Å². The number of carbonyl (C=O) groups excluding carboxylic acids is 1. The molecule has 6 heteroatoms. The first-order valence-corrected chi connectivity index (χ1v) is 6.89. The minimum atomic E-state index is -0.496. The van der Waals surface area contributed by atoms with Crippen LogP contribution in [-0.4, -0.2) is 23.2 Å². The van der Waals surface area contributed by atoms with Crippen LogP contribution in [0.5, 0.6) is 0 Å². The Morgan fingerprint density at radius 3 is 2.74 bits per heavy atom. The zero-order chi connectivity index (χ0) is 14.5. The summed E-state index contributed by atoms with van der Waals surface area (Å²) in [6, 6.07) is 1.78. The van der Waals surface area contributed by atoms with Gasteiger partial charge < -0.3 is 10.1 Å². The molecule has 0 atom stereocenters. The maximum atomic E-state index is 11.5. The fourth-order valence-electron chi connectivity index (χ4n) is 1.45. The second kappa shape index (κ2) is 6.96. The number of alkyl halides is 1. The number of carbonyl (C=O) groups is 1. The first kappa shape index (κ1) is 16.1. The highest BCUT2D eigenvalue weighted by atomic mass is 35.5. The van der Waals surface area contributed by atoms with E-state index >= 15 is 0 Å². The second-order valence-electron chi connectivity index (χ2n) is 5.07. The molecule has 0 radical (unpaired) electrons. The number of halogens is 2. The van der Waals surface area contributed by atoms with Crippen LogP contribution in [0.1, 0.15) is 32.0 Å². The number of nitrogens with one attached hydrogen (secondary N) is 1. The van der Waals surface area contributed by atoms with Crippen LogP contribution in [-0.2, 0) is 17.0 Å². The average molecular weight is 305 g/mol. The average Bonchev–Trinajstić information content (AvgIpc) is 2.28. The van der Waals surface area contributed by atoms with Gasteiger partial charge in [-0.1, -0.05) is 11.6 Å². The highest BCUT2D eigenvalue weighted by Crippen LogP contribution is 2.15. The maximum absolute atomic E-state index is 11.5. The quantitative estimate of drug-likeness (QED) is 0.866. The molecule has 4 nitrogen and oxygen atoms in total. The lowest BCUT2D eigenvalue weighted by Crippen LogP contribution is -2.33. The van der Waals surface area contributed by atoms with Crippen molar-refractivity contribution in [1.29, 1.82) is 0 Å². The van der Waals surface area contributed by atoms with E-state index < -0.39 is 11.7 Å². The van der Waals surface area contributed by atoms with E-state index in [0.29, 0.717) is 23.9 Å². The van der Waals surface area contributed by atoms with E-state index in [9.17, 15) is 4.79 Å². The van der Waals surface area contributed by atoms with E-state index in [-0.39, 0.29) is 0 Å². The molecule has 1 amide bonds. The Morgan fingerprint density at radius 2 is 2.16 bits per heavy atom. The number of aromatic nitrogens is 1. The van der Waals surface area contributed by atoms with Gasteiger partial charge in [-0.05, 0) is 32.4 Å². The summed E-state index contributed by atoms with van der Waals surface area (Å²) >= 11 is 11.7. The second-order valence-corrected chi connectivity index (χ2v) is 5.78. The Bertz CT molecular complexity index is 445. The van der Waals surface area contributed by atoms with Crippen molar-refractivity contribution < 1.29 is 9.53 Å². The minimum absolute atomic E-state index is 0.343. The summed E-state index contributed by atoms with van der Waals surface area (Å²) in [5, 5.41) is 3.23. The monoisotopic (exact) mass is 304 g/mol. The first-order chi connectivity index (χ1) is 8.81. The molecule has 1 aromatic rings. The van der Waals surface area contributed by atoms with Gasteiger partial charge in [-0.25, -0.2) is 4.79 Å². The fraction of sp³-hybridized carbons (Fsp3) is 0.538. The predicted octanol–water partition coefficient (Wildman–Crippen LogP) is 3.54. The van der Waals surface area contributed by atoms with Gasteiger partial charge in [0.2, 0.25) is 0 Å². The molecule has 0 saturated carbocycles. The lowest BCUT2D eigenvalue weighted by molar-refractivity contribution is 0.0528. The maximum Gasteiger partial charge on any atom is 0.407 e. The Balaban J connectivity index is 2.47. The van der Waals surface area contributed by atoms with E-state index in [2.05, 4.69) is 10.3 Å². The van der Waals surface area contributed by atoms with E-state index in [1.807, 2.05) is 20.8 Å². The van der Waals surface area contributed by atoms with Gasteiger partial charge >= 0.3 is 6.09 Å². The normalized spacial score (nSPS) is 11.2. The molecule has 19 heavy (non-hydrogen) atoms. The molecule has 1 heterocycles. The molecule has 0 aromatic carbocycles. The third-order valence-electron chi connectivity index (χ3n) is 2.20. The van der Waals surface area contributed by atoms with E-state index in [0.717, 1.165) is 11.3 Å². The highest BCUT2D eigenvalue weighted by molar-refractivity contribution is 6.30. The fourth-order valence-corrected chi connectivity index (χ4v) is 1.86. The lowest BCUT2D eigenvalue weighted by atomic mass is 10.1. The summed E-state index contributed by atoms with van der Waals surface area (Å²) in [6.07, 6.45) is 1.72. The van der Waals surface area contributed by atoms with Gasteiger partial charge in [-0.3, -0.25) is 4.98 Å². The van der Waals surface area contributed by atoms with Crippen molar-refractivity contribution in [1.82, 2.24) is 10.3 Å². The molecule has 106 valence electrons. The molecular formula is C13H18Cl2N2O2. The van der Waals surface area contributed by atoms with Crippen molar-refractivity contribution in [3.8, 4) is 0 Å².